The molecule has 4 rings (SSSR count). The Kier molecular flexibility index (Phi) is 7.49. The highest BCUT2D eigenvalue weighted by Crippen LogP contribution is 2.35. The predicted octanol–water partition coefficient (Wildman–Crippen LogP) is 3.94. The molecule has 0 saturated carbocycles. The van der Waals surface area contributed by atoms with Gasteiger partial charge >= 0.3 is 0 Å². The van der Waals surface area contributed by atoms with Gasteiger partial charge in [-0.25, -0.2) is 18.3 Å². The first kappa shape index (κ1) is 24.8. The van der Waals surface area contributed by atoms with Crippen molar-refractivity contribution in [3.63, 3.8) is 0 Å². The average Bonchev–Trinajstić information content (AvgIpc) is 2.89. The van der Waals surface area contributed by atoms with Gasteiger partial charge in [-0.15, -0.1) is 0 Å². The van der Waals surface area contributed by atoms with Crippen molar-refractivity contribution in [2.45, 2.75) is 28.9 Å². The van der Waals surface area contributed by atoms with Crippen molar-refractivity contribution in [2.24, 2.45) is 0 Å². The van der Waals surface area contributed by atoms with Crippen molar-refractivity contribution in [1.29, 1.82) is 0 Å². The maximum Gasteiger partial charge on any atom is 0.265 e. The summed E-state index contributed by atoms with van der Waals surface area (Å²) in [6, 6.07) is 20.1. The van der Waals surface area contributed by atoms with Gasteiger partial charge in [0.1, 0.15) is 11.6 Å². The molecular weight excluding hydrogens is 473 g/mol. The Morgan fingerprint density at radius 3 is 2.31 bits per heavy atom. The van der Waals surface area contributed by atoms with Gasteiger partial charge in [-0.2, -0.15) is 0 Å². The molecule has 1 fully saturated rings. The Morgan fingerprint density at radius 2 is 1.66 bits per heavy atom. The fraction of sp³-hybridized carbons (Fsp3) is 0.269. The molecule has 1 aliphatic heterocycles. The number of hydroxylamine groups is 1. The summed E-state index contributed by atoms with van der Waals surface area (Å²) < 4.78 is 49.4. The SMILES string of the molecule is O=C(NO)C1(S(=O)(=O)c2ccc(OCCc3cccc(-c4cccc(F)c4)c3)cc2)CCOCC1. The van der Waals surface area contributed by atoms with E-state index in [0.717, 1.165) is 16.7 Å². The van der Waals surface area contributed by atoms with Crippen LogP contribution in [0, 0.1) is 5.82 Å². The number of nitrogens with one attached hydrogen (secondary N) is 1. The molecule has 1 aliphatic rings. The zero-order valence-corrected chi connectivity index (χ0v) is 19.8. The van der Waals surface area contributed by atoms with E-state index in [9.17, 15) is 17.6 Å². The number of carbonyl (C=O) groups excluding carboxylic acids is 1. The van der Waals surface area contributed by atoms with Crippen LogP contribution in [0.5, 0.6) is 5.75 Å². The molecule has 0 radical (unpaired) electrons. The molecule has 7 nitrogen and oxygen atoms in total. The fourth-order valence-corrected chi connectivity index (χ4v) is 6.16. The van der Waals surface area contributed by atoms with Crippen LogP contribution < -0.4 is 10.2 Å². The molecule has 1 saturated heterocycles. The number of benzene rings is 3. The predicted molar refractivity (Wildman–Crippen MR) is 127 cm³/mol. The van der Waals surface area contributed by atoms with Gasteiger partial charge in [-0.1, -0.05) is 36.4 Å². The van der Waals surface area contributed by atoms with E-state index in [-0.39, 0.29) is 36.8 Å². The highest BCUT2D eigenvalue weighted by molar-refractivity contribution is 7.93. The Morgan fingerprint density at radius 1 is 1.00 bits per heavy atom. The molecule has 184 valence electrons. The van der Waals surface area contributed by atoms with Gasteiger partial charge in [0.15, 0.2) is 14.6 Å². The van der Waals surface area contributed by atoms with Crippen LogP contribution in [0.2, 0.25) is 0 Å². The van der Waals surface area contributed by atoms with E-state index >= 15 is 0 Å². The van der Waals surface area contributed by atoms with Gasteiger partial charge < -0.3 is 9.47 Å². The zero-order valence-electron chi connectivity index (χ0n) is 18.9. The molecule has 1 heterocycles. The molecule has 1 amide bonds. The quantitative estimate of drug-likeness (QED) is 0.360. The number of halogens is 1. The minimum atomic E-state index is -4.08. The van der Waals surface area contributed by atoms with Gasteiger partial charge in [-0.05, 0) is 65.9 Å². The second kappa shape index (κ2) is 10.6. The largest absolute Gasteiger partial charge is 0.493 e. The second-order valence-electron chi connectivity index (χ2n) is 8.33. The highest BCUT2D eigenvalue weighted by Gasteiger charge is 2.52. The van der Waals surface area contributed by atoms with Crippen LogP contribution in [0.4, 0.5) is 4.39 Å². The van der Waals surface area contributed by atoms with Crippen molar-refractivity contribution in [3.8, 4) is 16.9 Å². The molecule has 2 N–H and O–H groups in total. The van der Waals surface area contributed by atoms with E-state index in [1.165, 1.54) is 29.7 Å². The molecule has 35 heavy (non-hydrogen) atoms. The summed E-state index contributed by atoms with van der Waals surface area (Å²) >= 11 is 0. The smallest absolute Gasteiger partial charge is 0.265 e. The first-order valence-corrected chi connectivity index (χ1v) is 12.7. The molecular formula is C26H26FNO6S. The van der Waals surface area contributed by atoms with Crippen LogP contribution in [0.25, 0.3) is 11.1 Å². The van der Waals surface area contributed by atoms with Crippen LogP contribution in [0.1, 0.15) is 18.4 Å². The summed E-state index contributed by atoms with van der Waals surface area (Å²) in [4.78, 5) is 12.3. The fourth-order valence-electron chi connectivity index (χ4n) is 4.22. The summed E-state index contributed by atoms with van der Waals surface area (Å²) in [5, 5.41) is 9.15. The molecule has 0 atom stereocenters. The number of carbonyl (C=O) groups is 1. The van der Waals surface area contributed by atoms with Crippen LogP contribution in [-0.2, 0) is 25.8 Å². The van der Waals surface area contributed by atoms with E-state index in [1.807, 2.05) is 30.3 Å². The van der Waals surface area contributed by atoms with Crippen molar-refractivity contribution in [1.82, 2.24) is 5.48 Å². The van der Waals surface area contributed by atoms with E-state index in [2.05, 4.69) is 0 Å². The normalized spacial score (nSPS) is 15.4. The Bertz CT molecular complexity index is 1290. The lowest BCUT2D eigenvalue weighted by Gasteiger charge is -2.34. The average molecular weight is 500 g/mol. The Labute approximate surface area is 203 Å². The maximum absolute atomic E-state index is 13.5. The molecule has 0 aliphatic carbocycles. The Balaban J connectivity index is 1.42. The summed E-state index contributed by atoms with van der Waals surface area (Å²) in [7, 11) is -4.08. The lowest BCUT2D eigenvalue weighted by molar-refractivity contribution is -0.134. The van der Waals surface area contributed by atoms with Crippen LogP contribution in [-0.4, -0.2) is 44.1 Å². The molecule has 0 bridgehead atoms. The summed E-state index contributed by atoms with van der Waals surface area (Å²) in [5.41, 5.74) is 4.22. The number of sulfone groups is 1. The zero-order chi connectivity index (χ0) is 24.9. The standard InChI is InChI=1S/C26H26FNO6S/c27-22-6-2-5-21(18-22)20-4-1-3-19(17-20)11-14-34-23-7-9-24(10-8-23)35(31,32)26(25(29)28-30)12-15-33-16-13-26/h1-10,17-18,30H,11-16H2,(H,28,29). The highest BCUT2D eigenvalue weighted by atomic mass is 32.2. The molecule has 3 aromatic carbocycles. The van der Waals surface area contributed by atoms with E-state index in [0.29, 0.717) is 18.8 Å². The number of rotatable bonds is 8. The molecule has 9 heteroatoms. The maximum atomic E-state index is 13.5. The van der Waals surface area contributed by atoms with Gasteiger partial charge in [0.2, 0.25) is 0 Å². The first-order valence-electron chi connectivity index (χ1n) is 11.2. The van der Waals surface area contributed by atoms with Gasteiger partial charge in [-0.3, -0.25) is 10.0 Å². The number of hydrogen-bond acceptors (Lipinski definition) is 6. The van der Waals surface area contributed by atoms with Crippen molar-refractivity contribution < 1.29 is 32.3 Å². The molecule has 3 aromatic rings. The molecule has 0 aromatic heterocycles. The monoisotopic (exact) mass is 499 g/mol. The number of hydrogen-bond donors (Lipinski definition) is 2. The van der Waals surface area contributed by atoms with Crippen molar-refractivity contribution in [2.75, 3.05) is 19.8 Å². The van der Waals surface area contributed by atoms with Gasteiger partial charge in [0.25, 0.3) is 5.91 Å². The lowest BCUT2D eigenvalue weighted by atomic mass is 9.98. The topological polar surface area (TPSA) is 102 Å². The third-order valence-corrected chi connectivity index (χ3v) is 8.72. The lowest BCUT2D eigenvalue weighted by Crippen LogP contribution is -2.54. The van der Waals surface area contributed by atoms with Crippen molar-refractivity contribution in [3.05, 3.63) is 84.2 Å². The third kappa shape index (κ3) is 5.22. The summed E-state index contributed by atoms with van der Waals surface area (Å²) in [6.45, 7) is 0.565. The third-order valence-electron chi connectivity index (χ3n) is 6.21. The first-order chi connectivity index (χ1) is 16.9. The number of amides is 1. The summed E-state index contributed by atoms with van der Waals surface area (Å²) in [6.07, 6.45) is 0.506. The second-order valence-corrected chi connectivity index (χ2v) is 10.6. The van der Waals surface area contributed by atoms with E-state index in [4.69, 9.17) is 14.7 Å². The van der Waals surface area contributed by atoms with Crippen molar-refractivity contribution >= 4 is 15.7 Å². The van der Waals surface area contributed by atoms with Crippen LogP contribution in [0.15, 0.2) is 77.7 Å². The minimum absolute atomic E-state index is 0.0295. The number of ether oxygens (including phenoxy) is 2. The van der Waals surface area contributed by atoms with E-state index in [1.54, 1.807) is 18.2 Å². The van der Waals surface area contributed by atoms with Crippen LogP contribution >= 0.6 is 0 Å². The van der Waals surface area contributed by atoms with Crippen LogP contribution in [0.3, 0.4) is 0 Å². The van der Waals surface area contributed by atoms with E-state index < -0.39 is 20.5 Å². The Hall–Kier alpha value is -3.27. The minimum Gasteiger partial charge on any atom is -0.493 e. The van der Waals surface area contributed by atoms with Gasteiger partial charge in [0, 0.05) is 19.6 Å². The summed E-state index contributed by atoms with van der Waals surface area (Å²) in [5.74, 6) is -0.763. The molecule has 0 spiro atoms. The molecule has 0 unspecified atom stereocenters. The van der Waals surface area contributed by atoms with Gasteiger partial charge in [0.05, 0.1) is 11.5 Å².